The fourth-order valence-corrected chi connectivity index (χ4v) is 1.92. The highest BCUT2D eigenvalue weighted by Crippen LogP contribution is 2.43. The van der Waals surface area contributed by atoms with Crippen molar-refractivity contribution >= 4 is 5.91 Å². The standard InChI is InChI=1S/C9H15NO.C2H6/c1-2-7-3-4-9(5-6-9)10-8(7)11;1-2/h7H,2-6H2,1H3,(H,10,11);1-2H3. The number of piperidine rings is 1. The average molecular weight is 183 g/mol. The van der Waals surface area contributed by atoms with Crippen molar-refractivity contribution in [2.24, 2.45) is 5.92 Å². The first-order valence-corrected chi connectivity index (χ1v) is 5.58. The fourth-order valence-electron chi connectivity index (χ4n) is 1.92. The van der Waals surface area contributed by atoms with Crippen molar-refractivity contribution in [3.8, 4) is 0 Å². The molecule has 0 aromatic rings. The zero-order valence-electron chi connectivity index (χ0n) is 9.02. The van der Waals surface area contributed by atoms with Crippen LogP contribution in [0.15, 0.2) is 0 Å². The normalized spacial score (nSPS) is 28.8. The first-order valence-electron chi connectivity index (χ1n) is 5.58. The molecule has 0 aromatic carbocycles. The van der Waals surface area contributed by atoms with E-state index in [1.165, 1.54) is 19.3 Å². The van der Waals surface area contributed by atoms with Gasteiger partial charge in [-0.25, -0.2) is 0 Å². The van der Waals surface area contributed by atoms with E-state index >= 15 is 0 Å². The summed E-state index contributed by atoms with van der Waals surface area (Å²) in [4.78, 5) is 11.4. The second kappa shape index (κ2) is 4.12. The Kier molecular flexibility index (Phi) is 3.34. The quantitative estimate of drug-likeness (QED) is 0.665. The summed E-state index contributed by atoms with van der Waals surface area (Å²) < 4.78 is 0. The molecule has 1 unspecified atom stereocenters. The van der Waals surface area contributed by atoms with E-state index in [0.717, 1.165) is 12.8 Å². The summed E-state index contributed by atoms with van der Waals surface area (Å²) in [6.45, 7) is 6.09. The number of hydrogen-bond donors (Lipinski definition) is 1. The van der Waals surface area contributed by atoms with Gasteiger partial charge in [-0.15, -0.1) is 0 Å². The lowest BCUT2D eigenvalue weighted by Gasteiger charge is -2.28. The van der Waals surface area contributed by atoms with Crippen molar-refractivity contribution in [3.05, 3.63) is 0 Å². The molecule has 1 amide bonds. The average Bonchev–Trinajstić information content (AvgIpc) is 2.89. The van der Waals surface area contributed by atoms with Crippen LogP contribution in [0, 0.1) is 5.92 Å². The molecule has 1 N–H and O–H groups in total. The highest BCUT2D eigenvalue weighted by molar-refractivity contribution is 5.80. The molecule has 2 rings (SSSR count). The second-order valence-electron chi connectivity index (χ2n) is 3.91. The maximum Gasteiger partial charge on any atom is 0.223 e. The predicted molar refractivity (Wildman–Crippen MR) is 54.5 cm³/mol. The minimum Gasteiger partial charge on any atom is -0.350 e. The SMILES string of the molecule is CC.CCC1CCC2(CC2)NC1=O. The topological polar surface area (TPSA) is 29.1 Å². The Hall–Kier alpha value is -0.530. The minimum atomic E-state index is 0.281. The fraction of sp³-hybridized carbons (Fsp3) is 0.909. The number of hydrogen-bond acceptors (Lipinski definition) is 1. The third-order valence-electron chi connectivity index (χ3n) is 3.08. The lowest BCUT2D eigenvalue weighted by atomic mass is 9.91. The van der Waals surface area contributed by atoms with E-state index in [9.17, 15) is 4.79 Å². The van der Waals surface area contributed by atoms with Crippen molar-refractivity contribution in [2.45, 2.75) is 58.4 Å². The van der Waals surface area contributed by atoms with Crippen LogP contribution < -0.4 is 5.32 Å². The van der Waals surface area contributed by atoms with Gasteiger partial charge in [0.1, 0.15) is 0 Å². The molecule has 1 spiro atoms. The summed E-state index contributed by atoms with van der Waals surface area (Å²) in [7, 11) is 0. The monoisotopic (exact) mass is 183 g/mol. The van der Waals surface area contributed by atoms with Gasteiger partial charge in [0.15, 0.2) is 0 Å². The lowest BCUT2D eigenvalue weighted by molar-refractivity contribution is -0.128. The maximum absolute atomic E-state index is 11.4. The predicted octanol–water partition coefficient (Wildman–Crippen LogP) is 2.48. The van der Waals surface area contributed by atoms with Crippen LogP contribution in [-0.2, 0) is 4.79 Å². The molecule has 1 atom stereocenters. The highest BCUT2D eigenvalue weighted by atomic mass is 16.2. The van der Waals surface area contributed by atoms with Crippen molar-refractivity contribution in [2.75, 3.05) is 0 Å². The van der Waals surface area contributed by atoms with Gasteiger partial charge >= 0.3 is 0 Å². The molecular weight excluding hydrogens is 162 g/mol. The van der Waals surface area contributed by atoms with Gasteiger partial charge in [0.05, 0.1) is 0 Å². The van der Waals surface area contributed by atoms with Crippen LogP contribution in [0.5, 0.6) is 0 Å². The Bertz CT molecular complexity index is 185. The molecule has 0 radical (unpaired) electrons. The molecule has 1 aliphatic heterocycles. The van der Waals surface area contributed by atoms with E-state index in [2.05, 4.69) is 12.2 Å². The van der Waals surface area contributed by atoms with Crippen LogP contribution >= 0.6 is 0 Å². The number of carbonyl (C=O) groups excluding carboxylic acids is 1. The van der Waals surface area contributed by atoms with Crippen molar-refractivity contribution < 1.29 is 4.79 Å². The van der Waals surface area contributed by atoms with Gasteiger partial charge in [-0.2, -0.15) is 0 Å². The van der Waals surface area contributed by atoms with Crippen LogP contribution in [-0.4, -0.2) is 11.4 Å². The molecule has 13 heavy (non-hydrogen) atoms. The van der Waals surface area contributed by atoms with Gasteiger partial charge < -0.3 is 5.32 Å². The first-order chi connectivity index (χ1) is 6.26. The van der Waals surface area contributed by atoms with Crippen LogP contribution in [0.4, 0.5) is 0 Å². The van der Waals surface area contributed by atoms with Crippen LogP contribution in [0.25, 0.3) is 0 Å². The zero-order valence-corrected chi connectivity index (χ0v) is 9.02. The number of nitrogens with one attached hydrogen (secondary N) is 1. The Morgan fingerprint density at radius 2 is 2.00 bits per heavy atom. The van der Waals surface area contributed by atoms with Gasteiger partial charge in [-0.1, -0.05) is 20.8 Å². The summed E-state index contributed by atoms with van der Waals surface area (Å²) >= 11 is 0. The largest absolute Gasteiger partial charge is 0.350 e. The third-order valence-corrected chi connectivity index (χ3v) is 3.08. The summed E-state index contributed by atoms with van der Waals surface area (Å²) in [6, 6.07) is 0. The number of carbonyl (C=O) groups is 1. The summed E-state index contributed by atoms with van der Waals surface area (Å²) in [5.41, 5.74) is 0.281. The van der Waals surface area contributed by atoms with Gasteiger partial charge in [0.25, 0.3) is 0 Å². The molecule has 2 fully saturated rings. The Labute approximate surface area is 81.1 Å². The van der Waals surface area contributed by atoms with Crippen LogP contribution in [0.2, 0.25) is 0 Å². The molecule has 0 bridgehead atoms. The molecular formula is C11H21NO. The van der Waals surface area contributed by atoms with E-state index in [1.54, 1.807) is 0 Å². The van der Waals surface area contributed by atoms with Gasteiger partial charge in [0.2, 0.25) is 5.91 Å². The first kappa shape index (κ1) is 10.6. The van der Waals surface area contributed by atoms with Crippen LogP contribution in [0.1, 0.15) is 52.9 Å². The summed E-state index contributed by atoms with van der Waals surface area (Å²) in [5, 5.41) is 3.13. The summed E-state index contributed by atoms with van der Waals surface area (Å²) in [6.07, 6.45) is 5.77. The highest BCUT2D eigenvalue weighted by Gasteiger charge is 2.47. The maximum atomic E-state index is 11.4. The number of rotatable bonds is 1. The van der Waals surface area contributed by atoms with E-state index in [1.807, 2.05) is 13.8 Å². The van der Waals surface area contributed by atoms with Gasteiger partial charge in [-0.3, -0.25) is 4.79 Å². The number of amides is 1. The van der Waals surface area contributed by atoms with E-state index < -0.39 is 0 Å². The zero-order chi connectivity index (χ0) is 9.90. The minimum absolute atomic E-state index is 0.281. The smallest absolute Gasteiger partial charge is 0.223 e. The molecule has 1 saturated carbocycles. The Morgan fingerprint density at radius 1 is 1.38 bits per heavy atom. The summed E-state index contributed by atoms with van der Waals surface area (Å²) in [5.74, 6) is 0.609. The van der Waals surface area contributed by atoms with E-state index in [0.29, 0.717) is 11.8 Å². The van der Waals surface area contributed by atoms with Gasteiger partial charge in [-0.05, 0) is 32.1 Å². The molecule has 2 aliphatic rings. The van der Waals surface area contributed by atoms with Crippen molar-refractivity contribution in [1.82, 2.24) is 5.32 Å². The van der Waals surface area contributed by atoms with Gasteiger partial charge in [0, 0.05) is 11.5 Å². The molecule has 2 nitrogen and oxygen atoms in total. The molecule has 0 aromatic heterocycles. The third kappa shape index (κ3) is 2.23. The molecule has 1 heterocycles. The Balaban J connectivity index is 0.000000396. The molecule has 2 heteroatoms. The lowest BCUT2D eigenvalue weighted by Crippen LogP contribution is -2.45. The molecule has 76 valence electrons. The molecule has 1 aliphatic carbocycles. The Morgan fingerprint density at radius 3 is 2.38 bits per heavy atom. The molecule has 1 saturated heterocycles. The van der Waals surface area contributed by atoms with Crippen molar-refractivity contribution in [1.29, 1.82) is 0 Å². The van der Waals surface area contributed by atoms with E-state index in [-0.39, 0.29) is 5.54 Å². The van der Waals surface area contributed by atoms with Crippen LogP contribution in [0.3, 0.4) is 0 Å². The van der Waals surface area contributed by atoms with E-state index in [4.69, 9.17) is 0 Å². The van der Waals surface area contributed by atoms with Crippen molar-refractivity contribution in [3.63, 3.8) is 0 Å². The second-order valence-corrected chi connectivity index (χ2v) is 3.91.